The van der Waals surface area contributed by atoms with E-state index in [1.54, 1.807) is 0 Å². The Hall–Kier alpha value is -0.570. The number of carbonyl (C=O) groups is 1. The van der Waals surface area contributed by atoms with Crippen LogP contribution < -0.4 is 5.32 Å². The molecule has 3 nitrogen and oxygen atoms in total. The van der Waals surface area contributed by atoms with E-state index in [2.05, 4.69) is 26.1 Å². The monoisotopic (exact) mass is 227 g/mol. The Morgan fingerprint density at radius 2 is 2.06 bits per heavy atom. The van der Waals surface area contributed by atoms with Crippen LogP contribution in [0.3, 0.4) is 0 Å². The minimum atomic E-state index is -0.0492. The molecule has 0 aromatic rings. The summed E-state index contributed by atoms with van der Waals surface area (Å²) in [7, 11) is 0. The lowest BCUT2D eigenvalue weighted by molar-refractivity contribution is -0.153. The van der Waals surface area contributed by atoms with Crippen molar-refractivity contribution in [2.45, 2.75) is 65.0 Å². The Balaban J connectivity index is 2.17. The highest BCUT2D eigenvalue weighted by Gasteiger charge is 2.24. The van der Waals surface area contributed by atoms with E-state index in [1.807, 2.05) is 0 Å². The van der Waals surface area contributed by atoms with E-state index in [0.29, 0.717) is 18.4 Å². The molecule has 1 rings (SSSR count). The number of ether oxygens (including phenoxy) is 1. The molecule has 0 heterocycles. The van der Waals surface area contributed by atoms with Crippen LogP contribution in [0.5, 0.6) is 0 Å². The maximum Gasteiger partial charge on any atom is 0.307 e. The average molecular weight is 227 g/mol. The van der Waals surface area contributed by atoms with Crippen molar-refractivity contribution < 1.29 is 9.53 Å². The summed E-state index contributed by atoms with van der Waals surface area (Å²) in [5.41, 5.74) is 0. The average Bonchev–Trinajstić information content (AvgIpc) is 2.21. The van der Waals surface area contributed by atoms with E-state index in [1.165, 1.54) is 19.3 Å². The third-order valence-electron chi connectivity index (χ3n) is 3.20. The lowest BCUT2D eigenvalue weighted by Crippen LogP contribution is -2.31. The molecule has 2 unspecified atom stereocenters. The van der Waals surface area contributed by atoms with Crippen LogP contribution in [0.15, 0.2) is 0 Å². The summed E-state index contributed by atoms with van der Waals surface area (Å²) in [5, 5.41) is 3.22. The van der Waals surface area contributed by atoms with Gasteiger partial charge in [0.25, 0.3) is 0 Å². The third kappa shape index (κ3) is 4.97. The van der Waals surface area contributed by atoms with Crippen LogP contribution in [0.1, 0.15) is 52.9 Å². The minimum Gasteiger partial charge on any atom is -0.462 e. The van der Waals surface area contributed by atoms with Gasteiger partial charge in [-0.2, -0.15) is 0 Å². The molecule has 94 valence electrons. The Kier molecular flexibility index (Phi) is 5.81. The van der Waals surface area contributed by atoms with Crippen LogP contribution in [0.25, 0.3) is 0 Å². The summed E-state index contributed by atoms with van der Waals surface area (Å²) >= 11 is 0. The van der Waals surface area contributed by atoms with Crippen LogP contribution >= 0.6 is 0 Å². The van der Waals surface area contributed by atoms with Crippen LogP contribution in [0, 0.1) is 5.92 Å². The van der Waals surface area contributed by atoms with Crippen LogP contribution in [-0.2, 0) is 9.53 Å². The van der Waals surface area contributed by atoms with Crippen molar-refractivity contribution in [1.29, 1.82) is 0 Å². The molecule has 0 amide bonds. The largest absolute Gasteiger partial charge is 0.462 e. The molecule has 1 N–H and O–H groups in total. The second-order valence-electron chi connectivity index (χ2n) is 5.15. The number of esters is 1. The van der Waals surface area contributed by atoms with Crippen LogP contribution in [0.2, 0.25) is 0 Å². The van der Waals surface area contributed by atoms with E-state index in [-0.39, 0.29) is 12.1 Å². The molecule has 0 aliphatic heterocycles. The Morgan fingerprint density at radius 1 is 1.38 bits per heavy atom. The smallest absolute Gasteiger partial charge is 0.307 e. The van der Waals surface area contributed by atoms with Crippen molar-refractivity contribution in [3.8, 4) is 0 Å². The molecule has 0 aromatic heterocycles. The van der Waals surface area contributed by atoms with E-state index in [4.69, 9.17) is 4.74 Å². The first-order valence-corrected chi connectivity index (χ1v) is 6.52. The van der Waals surface area contributed by atoms with Gasteiger partial charge in [-0.3, -0.25) is 4.79 Å². The predicted octanol–water partition coefficient (Wildman–Crippen LogP) is 2.50. The molecule has 1 aliphatic rings. The Morgan fingerprint density at radius 3 is 2.69 bits per heavy atom. The van der Waals surface area contributed by atoms with Crippen molar-refractivity contribution in [3.05, 3.63) is 0 Å². The van der Waals surface area contributed by atoms with Crippen molar-refractivity contribution in [3.63, 3.8) is 0 Å². The zero-order valence-corrected chi connectivity index (χ0v) is 10.8. The van der Waals surface area contributed by atoms with Gasteiger partial charge in [-0.25, -0.2) is 0 Å². The van der Waals surface area contributed by atoms with Gasteiger partial charge in [0.1, 0.15) is 6.10 Å². The van der Waals surface area contributed by atoms with Crippen molar-refractivity contribution >= 4 is 5.97 Å². The number of hydrogen-bond acceptors (Lipinski definition) is 3. The Labute approximate surface area is 98.9 Å². The summed E-state index contributed by atoms with van der Waals surface area (Å²) in [6.45, 7) is 7.06. The number of nitrogens with one attached hydrogen (secondary N) is 1. The second kappa shape index (κ2) is 6.89. The summed E-state index contributed by atoms with van der Waals surface area (Å²) in [6, 6.07) is 0.432. The van der Waals surface area contributed by atoms with Crippen LogP contribution in [0.4, 0.5) is 0 Å². The van der Waals surface area contributed by atoms with Crippen LogP contribution in [-0.4, -0.2) is 24.7 Å². The molecule has 0 aromatic carbocycles. The van der Waals surface area contributed by atoms with Gasteiger partial charge in [0.05, 0.1) is 6.42 Å². The zero-order valence-electron chi connectivity index (χ0n) is 10.8. The molecular formula is C13H25NO2. The quantitative estimate of drug-likeness (QED) is 0.733. The van der Waals surface area contributed by atoms with Crippen molar-refractivity contribution in [2.24, 2.45) is 5.92 Å². The Bertz CT molecular complexity index is 216. The molecule has 1 fully saturated rings. The normalized spacial score (nSPS) is 25.8. The van der Waals surface area contributed by atoms with Gasteiger partial charge in [-0.15, -0.1) is 0 Å². The first-order chi connectivity index (χ1) is 7.59. The highest BCUT2D eigenvalue weighted by Crippen LogP contribution is 2.26. The standard InChI is InChI=1S/C13H25NO2/c1-10(2)14-9-8-13(15)16-12-7-5-4-6-11(12)3/h10-12,14H,4-9H2,1-3H3. The molecule has 16 heavy (non-hydrogen) atoms. The van der Waals surface area contributed by atoms with Gasteiger partial charge >= 0.3 is 5.97 Å². The summed E-state index contributed by atoms with van der Waals surface area (Å²) in [4.78, 5) is 11.6. The van der Waals surface area contributed by atoms with E-state index in [0.717, 1.165) is 13.0 Å². The molecule has 2 atom stereocenters. The zero-order chi connectivity index (χ0) is 12.0. The highest BCUT2D eigenvalue weighted by molar-refractivity contribution is 5.69. The second-order valence-corrected chi connectivity index (χ2v) is 5.15. The molecular weight excluding hydrogens is 202 g/mol. The van der Waals surface area contributed by atoms with E-state index >= 15 is 0 Å². The van der Waals surface area contributed by atoms with Crippen molar-refractivity contribution in [1.82, 2.24) is 5.32 Å². The topological polar surface area (TPSA) is 38.3 Å². The van der Waals surface area contributed by atoms with E-state index < -0.39 is 0 Å². The number of hydrogen-bond donors (Lipinski definition) is 1. The van der Waals surface area contributed by atoms with Gasteiger partial charge in [-0.05, 0) is 25.2 Å². The maximum absolute atomic E-state index is 11.6. The molecule has 0 spiro atoms. The molecule has 0 bridgehead atoms. The van der Waals surface area contributed by atoms with Gasteiger partial charge in [0.2, 0.25) is 0 Å². The van der Waals surface area contributed by atoms with Gasteiger partial charge in [-0.1, -0.05) is 27.2 Å². The van der Waals surface area contributed by atoms with Crippen molar-refractivity contribution in [2.75, 3.05) is 6.54 Å². The lowest BCUT2D eigenvalue weighted by Gasteiger charge is -2.28. The first-order valence-electron chi connectivity index (χ1n) is 6.52. The first kappa shape index (κ1) is 13.5. The summed E-state index contributed by atoms with van der Waals surface area (Å²) < 4.78 is 5.51. The number of rotatable bonds is 5. The fourth-order valence-electron chi connectivity index (χ4n) is 2.15. The number of carbonyl (C=O) groups excluding carboxylic acids is 1. The van der Waals surface area contributed by atoms with Gasteiger partial charge < -0.3 is 10.1 Å². The lowest BCUT2D eigenvalue weighted by atomic mass is 9.88. The minimum absolute atomic E-state index is 0.0492. The van der Waals surface area contributed by atoms with E-state index in [9.17, 15) is 4.79 Å². The summed E-state index contributed by atoms with van der Waals surface area (Å²) in [6.07, 6.45) is 5.38. The summed E-state index contributed by atoms with van der Waals surface area (Å²) in [5.74, 6) is 0.489. The fourth-order valence-corrected chi connectivity index (χ4v) is 2.15. The molecule has 1 aliphatic carbocycles. The maximum atomic E-state index is 11.6. The van der Waals surface area contributed by atoms with Gasteiger partial charge in [0, 0.05) is 12.6 Å². The molecule has 1 saturated carbocycles. The molecule has 0 radical (unpaired) electrons. The predicted molar refractivity (Wildman–Crippen MR) is 65.3 cm³/mol. The molecule has 0 saturated heterocycles. The highest BCUT2D eigenvalue weighted by atomic mass is 16.5. The third-order valence-corrected chi connectivity index (χ3v) is 3.20. The molecule has 3 heteroatoms. The fraction of sp³-hybridized carbons (Fsp3) is 0.923. The SMILES string of the molecule is CC(C)NCCC(=O)OC1CCCCC1C. The van der Waals surface area contributed by atoms with Gasteiger partial charge in [0.15, 0.2) is 0 Å².